The molecule has 2 fully saturated rings. The number of hydrogen-bond donors (Lipinski definition) is 2. The molecule has 0 saturated carbocycles. The average Bonchev–Trinajstić information content (AvgIpc) is 3.52. The van der Waals surface area contributed by atoms with Crippen LogP contribution in [0.25, 0.3) is 27.7 Å². The maximum Gasteiger partial charge on any atom is 0.266 e. The SMILES string of the molecule is C=C(Nc1ccc(N2CCC(F)(F)C2)nc1)c1n[nH]c2ccc(-c3cncc(N4CCCCC4)c3)cc12. The lowest BCUT2D eigenvalue weighted by Gasteiger charge is -2.28. The van der Waals surface area contributed by atoms with Crippen LogP contribution in [-0.4, -0.2) is 52.3 Å². The Hall–Kier alpha value is -4.01. The molecular weight excluding hydrogens is 472 g/mol. The number of rotatable bonds is 6. The minimum absolute atomic E-state index is 0.141. The van der Waals surface area contributed by atoms with Crippen molar-refractivity contribution in [3.05, 3.63) is 67.3 Å². The predicted molar refractivity (Wildman–Crippen MR) is 144 cm³/mol. The Morgan fingerprint density at radius 2 is 1.81 bits per heavy atom. The summed E-state index contributed by atoms with van der Waals surface area (Å²) in [6.07, 6.45) is 9.06. The number of aromatic nitrogens is 4. The molecule has 5 heterocycles. The minimum Gasteiger partial charge on any atom is -0.370 e. The van der Waals surface area contributed by atoms with E-state index in [1.807, 2.05) is 24.5 Å². The quantitative estimate of drug-likeness (QED) is 0.341. The van der Waals surface area contributed by atoms with Crippen LogP contribution in [0.2, 0.25) is 0 Å². The number of nitrogens with one attached hydrogen (secondary N) is 2. The van der Waals surface area contributed by atoms with Crippen molar-refractivity contribution in [2.24, 2.45) is 0 Å². The normalized spacial score (nSPS) is 17.4. The number of alkyl halides is 2. The van der Waals surface area contributed by atoms with Crippen LogP contribution in [0.15, 0.2) is 61.6 Å². The number of piperidine rings is 1. The third-order valence-corrected chi connectivity index (χ3v) is 7.16. The highest BCUT2D eigenvalue weighted by atomic mass is 19.3. The molecule has 190 valence electrons. The summed E-state index contributed by atoms with van der Waals surface area (Å²) in [4.78, 5) is 12.9. The summed E-state index contributed by atoms with van der Waals surface area (Å²) in [5.41, 5.74) is 6.22. The Kier molecular flexibility index (Phi) is 5.98. The molecule has 0 radical (unpaired) electrons. The molecule has 3 aromatic heterocycles. The summed E-state index contributed by atoms with van der Waals surface area (Å²) in [7, 11) is 0. The number of aromatic amines is 1. The van der Waals surface area contributed by atoms with Crippen molar-refractivity contribution in [3.8, 4) is 11.1 Å². The maximum absolute atomic E-state index is 13.5. The molecule has 7 nitrogen and oxygen atoms in total. The van der Waals surface area contributed by atoms with E-state index in [0.29, 0.717) is 29.4 Å². The largest absolute Gasteiger partial charge is 0.370 e. The Morgan fingerprint density at radius 3 is 2.57 bits per heavy atom. The standard InChI is InChI=1S/C28H29F2N7/c1-19(33-22-6-8-26(32-16-22)37-12-9-28(29,30)18-37)27-24-14-20(5-7-25(24)34-35-27)21-13-23(17-31-15-21)36-10-3-2-4-11-36/h5-8,13-17,33H,1-4,9-12,18H2,(H,34,35). The third-order valence-electron chi connectivity index (χ3n) is 7.16. The van der Waals surface area contributed by atoms with E-state index in [-0.39, 0.29) is 13.0 Å². The van der Waals surface area contributed by atoms with E-state index in [9.17, 15) is 8.78 Å². The molecule has 0 atom stereocenters. The second-order valence-electron chi connectivity index (χ2n) is 9.85. The number of H-pyrrole nitrogens is 1. The van der Waals surface area contributed by atoms with E-state index in [2.05, 4.69) is 55.2 Å². The first kappa shape index (κ1) is 23.4. The van der Waals surface area contributed by atoms with Gasteiger partial charge in [-0.3, -0.25) is 10.1 Å². The summed E-state index contributed by atoms with van der Waals surface area (Å²) in [6, 6.07) is 12.0. The second-order valence-corrected chi connectivity index (χ2v) is 9.85. The number of hydrogen-bond acceptors (Lipinski definition) is 6. The van der Waals surface area contributed by atoms with E-state index in [4.69, 9.17) is 0 Å². The molecule has 0 amide bonds. The van der Waals surface area contributed by atoms with Crippen molar-refractivity contribution < 1.29 is 8.78 Å². The Morgan fingerprint density at radius 1 is 0.946 bits per heavy atom. The van der Waals surface area contributed by atoms with Gasteiger partial charge in [0.15, 0.2) is 0 Å². The number of fused-ring (bicyclic) bond motifs is 1. The summed E-state index contributed by atoms with van der Waals surface area (Å²) in [5, 5.41) is 11.8. The molecule has 4 aromatic rings. The van der Waals surface area contributed by atoms with Crippen molar-refractivity contribution in [1.29, 1.82) is 0 Å². The van der Waals surface area contributed by atoms with Crippen LogP contribution < -0.4 is 15.1 Å². The van der Waals surface area contributed by atoms with Gasteiger partial charge in [0.1, 0.15) is 11.5 Å². The van der Waals surface area contributed by atoms with Crippen molar-refractivity contribution in [3.63, 3.8) is 0 Å². The van der Waals surface area contributed by atoms with Gasteiger partial charge in [-0.1, -0.05) is 12.6 Å². The molecule has 2 N–H and O–H groups in total. The monoisotopic (exact) mass is 501 g/mol. The van der Waals surface area contributed by atoms with Gasteiger partial charge in [-0.05, 0) is 55.2 Å². The summed E-state index contributed by atoms with van der Waals surface area (Å²) in [6.45, 7) is 6.34. The molecule has 6 rings (SSSR count). The van der Waals surface area contributed by atoms with Crippen LogP contribution in [0.4, 0.5) is 26.0 Å². The van der Waals surface area contributed by atoms with Crippen LogP contribution in [-0.2, 0) is 0 Å². The Balaban J connectivity index is 1.21. The molecule has 0 aliphatic carbocycles. The van der Waals surface area contributed by atoms with Gasteiger partial charge in [0.2, 0.25) is 0 Å². The van der Waals surface area contributed by atoms with Crippen molar-refractivity contribution in [2.75, 3.05) is 41.3 Å². The zero-order valence-electron chi connectivity index (χ0n) is 20.6. The fourth-order valence-corrected chi connectivity index (χ4v) is 5.15. The first-order valence-corrected chi connectivity index (χ1v) is 12.7. The summed E-state index contributed by atoms with van der Waals surface area (Å²) >= 11 is 0. The lowest BCUT2D eigenvalue weighted by Crippen LogP contribution is -2.29. The fraction of sp³-hybridized carbons (Fsp3) is 0.321. The molecule has 37 heavy (non-hydrogen) atoms. The zero-order valence-corrected chi connectivity index (χ0v) is 20.6. The highest BCUT2D eigenvalue weighted by Crippen LogP contribution is 2.32. The van der Waals surface area contributed by atoms with Gasteiger partial charge in [0.25, 0.3) is 5.92 Å². The molecule has 0 bridgehead atoms. The molecule has 0 unspecified atom stereocenters. The van der Waals surface area contributed by atoms with Crippen molar-refractivity contribution >= 4 is 33.8 Å². The maximum atomic E-state index is 13.5. The predicted octanol–water partition coefficient (Wildman–Crippen LogP) is 5.94. The highest BCUT2D eigenvalue weighted by molar-refractivity contribution is 5.95. The topological polar surface area (TPSA) is 73.0 Å². The van der Waals surface area contributed by atoms with Crippen LogP contribution in [0.5, 0.6) is 0 Å². The van der Waals surface area contributed by atoms with Crippen LogP contribution in [0.1, 0.15) is 31.4 Å². The van der Waals surface area contributed by atoms with Crippen LogP contribution in [0.3, 0.4) is 0 Å². The van der Waals surface area contributed by atoms with Gasteiger partial charge >= 0.3 is 0 Å². The van der Waals surface area contributed by atoms with Gasteiger partial charge in [0.05, 0.1) is 41.5 Å². The summed E-state index contributed by atoms with van der Waals surface area (Å²) < 4.78 is 27.1. The van der Waals surface area contributed by atoms with Gasteiger partial charge < -0.3 is 15.1 Å². The lowest BCUT2D eigenvalue weighted by molar-refractivity contribution is 0.0256. The highest BCUT2D eigenvalue weighted by Gasteiger charge is 2.38. The lowest BCUT2D eigenvalue weighted by atomic mass is 10.0. The smallest absolute Gasteiger partial charge is 0.266 e. The first-order valence-electron chi connectivity index (χ1n) is 12.7. The average molecular weight is 502 g/mol. The van der Waals surface area contributed by atoms with E-state index in [1.54, 1.807) is 17.2 Å². The number of pyridine rings is 2. The fourth-order valence-electron chi connectivity index (χ4n) is 5.15. The minimum atomic E-state index is -2.66. The van der Waals surface area contributed by atoms with Crippen LogP contribution >= 0.6 is 0 Å². The zero-order chi connectivity index (χ0) is 25.4. The van der Waals surface area contributed by atoms with Gasteiger partial charge in [-0.15, -0.1) is 0 Å². The number of benzene rings is 1. The summed E-state index contributed by atoms with van der Waals surface area (Å²) in [5.74, 6) is -2.11. The Labute approximate surface area is 214 Å². The molecule has 2 aliphatic rings. The number of nitrogens with zero attached hydrogens (tertiary/aromatic N) is 5. The molecule has 0 spiro atoms. The second kappa shape index (κ2) is 9.46. The molecule has 2 aliphatic heterocycles. The van der Waals surface area contributed by atoms with Crippen molar-refractivity contribution in [2.45, 2.75) is 31.6 Å². The third kappa shape index (κ3) is 4.85. The van der Waals surface area contributed by atoms with E-state index in [1.165, 1.54) is 19.3 Å². The number of anilines is 3. The van der Waals surface area contributed by atoms with E-state index < -0.39 is 5.92 Å². The molecule has 2 saturated heterocycles. The van der Waals surface area contributed by atoms with E-state index in [0.717, 1.165) is 40.8 Å². The Bertz CT molecular complexity index is 1420. The first-order chi connectivity index (χ1) is 17.9. The number of halogens is 2. The van der Waals surface area contributed by atoms with Crippen LogP contribution in [0, 0.1) is 0 Å². The van der Waals surface area contributed by atoms with Crippen molar-refractivity contribution in [1.82, 2.24) is 20.2 Å². The molecular formula is C28H29F2N7. The van der Waals surface area contributed by atoms with Gasteiger partial charge in [0, 0.05) is 43.2 Å². The van der Waals surface area contributed by atoms with E-state index >= 15 is 0 Å². The molecule has 9 heteroatoms. The van der Waals surface area contributed by atoms with Gasteiger partial charge in [-0.2, -0.15) is 5.10 Å². The van der Waals surface area contributed by atoms with Gasteiger partial charge in [-0.25, -0.2) is 13.8 Å². The molecule has 1 aromatic carbocycles.